The standard InChI is InChI=1S/C14H17BrFN/c1-3-5-6-7-14(17-4-2)12-10-11(15)8-9-13(12)16/h1,8-10,14,17H,4-7H2,2H3. The van der Waals surface area contributed by atoms with Gasteiger partial charge in [0, 0.05) is 22.5 Å². The van der Waals surface area contributed by atoms with Crippen LogP contribution in [0, 0.1) is 18.2 Å². The predicted molar refractivity (Wildman–Crippen MR) is 73.2 cm³/mol. The van der Waals surface area contributed by atoms with Crippen molar-refractivity contribution >= 4 is 15.9 Å². The maximum Gasteiger partial charge on any atom is 0.128 e. The molecule has 1 atom stereocenters. The molecule has 0 aliphatic carbocycles. The van der Waals surface area contributed by atoms with Gasteiger partial charge in [0.2, 0.25) is 0 Å². The van der Waals surface area contributed by atoms with Crippen LogP contribution in [0.5, 0.6) is 0 Å². The van der Waals surface area contributed by atoms with E-state index >= 15 is 0 Å². The van der Waals surface area contributed by atoms with Gasteiger partial charge in [-0.2, -0.15) is 0 Å². The number of unbranched alkanes of at least 4 members (excludes halogenated alkanes) is 1. The third-order valence-corrected chi connectivity index (χ3v) is 3.09. The van der Waals surface area contributed by atoms with Crippen molar-refractivity contribution in [1.29, 1.82) is 0 Å². The van der Waals surface area contributed by atoms with E-state index in [0.717, 1.165) is 30.3 Å². The first-order valence-corrected chi connectivity index (χ1v) is 6.60. The molecule has 0 saturated carbocycles. The van der Waals surface area contributed by atoms with E-state index < -0.39 is 0 Å². The van der Waals surface area contributed by atoms with Crippen LogP contribution in [0.2, 0.25) is 0 Å². The number of benzene rings is 1. The highest BCUT2D eigenvalue weighted by molar-refractivity contribution is 9.10. The van der Waals surface area contributed by atoms with Crippen LogP contribution in [0.3, 0.4) is 0 Å². The molecule has 92 valence electrons. The Kier molecular flexibility index (Phi) is 6.25. The van der Waals surface area contributed by atoms with Gasteiger partial charge in [0.15, 0.2) is 0 Å². The van der Waals surface area contributed by atoms with Crippen LogP contribution in [-0.4, -0.2) is 6.54 Å². The molecule has 17 heavy (non-hydrogen) atoms. The fourth-order valence-corrected chi connectivity index (χ4v) is 2.18. The molecule has 1 nitrogen and oxygen atoms in total. The van der Waals surface area contributed by atoms with Gasteiger partial charge in [-0.1, -0.05) is 22.9 Å². The van der Waals surface area contributed by atoms with Crippen molar-refractivity contribution in [2.75, 3.05) is 6.54 Å². The molecular weight excluding hydrogens is 281 g/mol. The van der Waals surface area contributed by atoms with Crippen molar-refractivity contribution in [3.05, 3.63) is 34.1 Å². The normalized spacial score (nSPS) is 12.1. The Morgan fingerprint density at radius 2 is 2.29 bits per heavy atom. The Labute approximate surface area is 111 Å². The van der Waals surface area contributed by atoms with Crippen molar-refractivity contribution in [3.8, 4) is 12.3 Å². The maximum absolute atomic E-state index is 13.8. The highest BCUT2D eigenvalue weighted by atomic mass is 79.9. The zero-order chi connectivity index (χ0) is 12.7. The first-order chi connectivity index (χ1) is 8.19. The Bertz CT molecular complexity index is 398. The summed E-state index contributed by atoms with van der Waals surface area (Å²) in [4.78, 5) is 0. The van der Waals surface area contributed by atoms with Gasteiger partial charge in [-0.3, -0.25) is 0 Å². The largest absolute Gasteiger partial charge is 0.310 e. The zero-order valence-corrected chi connectivity index (χ0v) is 11.6. The van der Waals surface area contributed by atoms with Crippen LogP contribution in [0.15, 0.2) is 22.7 Å². The Hall–Kier alpha value is -0.850. The predicted octanol–water partition coefficient (Wildman–Crippen LogP) is 4.04. The van der Waals surface area contributed by atoms with E-state index in [1.807, 2.05) is 13.0 Å². The summed E-state index contributed by atoms with van der Waals surface area (Å²) in [5.41, 5.74) is 0.707. The fourth-order valence-electron chi connectivity index (χ4n) is 1.80. The van der Waals surface area contributed by atoms with Gasteiger partial charge in [0.05, 0.1) is 0 Å². The Morgan fingerprint density at radius 1 is 1.53 bits per heavy atom. The van der Waals surface area contributed by atoms with Crippen molar-refractivity contribution in [1.82, 2.24) is 5.32 Å². The number of hydrogen-bond acceptors (Lipinski definition) is 1. The quantitative estimate of drug-likeness (QED) is 0.617. The van der Waals surface area contributed by atoms with E-state index in [2.05, 4.69) is 27.2 Å². The third kappa shape index (κ3) is 4.49. The van der Waals surface area contributed by atoms with Gasteiger partial charge in [0.25, 0.3) is 0 Å². The molecule has 3 heteroatoms. The van der Waals surface area contributed by atoms with E-state index in [1.54, 1.807) is 6.07 Å². The summed E-state index contributed by atoms with van der Waals surface area (Å²) >= 11 is 3.37. The van der Waals surface area contributed by atoms with Crippen molar-refractivity contribution < 1.29 is 4.39 Å². The summed E-state index contributed by atoms with van der Waals surface area (Å²) < 4.78 is 14.6. The van der Waals surface area contributed by atoms with E-state index in [0.29, 0.717) is 5.56 Å². The summed E-state index contributed by atoms with van der Waals surface area (Å²) in [5.74, 6) is 2.45. The first-order valence-electron chi connectivity index (χ1n) is 5.80. The Balaban J connectivity index is 2.81. The van der Waals surface area contributed by atoms with Gasteiger partial charge in [-0.15, -0.1) is 12.3 Å². The second kappa shape index (κ2) is 7.47. The second-order valence-corrected chi connectivity index (χ2v) is 4.79. The molecule has 0 fully saturated rings. The minimum absolute atomic E-state index is 0.0332. The van der Waals surface area contributed by atoms with Crippen molar-refractivity contribution in [3.63, 3.8) is 0 Å². The highest BCUT2D eigenvalue weighted by Crippen LogP contribution is 2.25. The van der Waals surface area contributed by atoms with E-state index in [1.165, 1.54) is 6.07 Å². The summed E-state index contributed by atoms with van der Waals surface area (Å²) in [6, 6.07) is 5.07. The van der Waals surface area contributed by atoms with Crippen LogP contribution in [0.1, 0.15) is 37.8 Å². The van der Waals surface area contributed by atoms with Gasteiger partial charge < -0.3 is 5.32 Å². The van der Waals surface area contributed by atoms with Crippen LogP contribution < -0.4 is 5.32 Å². The van der Waals surface area contributed by atoms with Gasteiger partial charge >= 0.3 is 0 Å². The molecule has 0 amide bonds. The van der Waals surface area contributed by atoms with E-state index in [-0.39, 0.29) is 11.9 Å². The van der Waals surface area contributed by atoms with E-state index in [4.69, 9.17) is 6.42 Å². The third-order valence-electron chi connectivity index (χ3n) is 2.60. The molecule has 1 aromatic carbocycles. The molecule has 1 aromatic rings. The lowest BCUT2D eigenvalue weighted by Crippen LogP contribution is -2.21. The molecule has 0 radical (unpaired) electrons. The summed E-state index contributed by atoms with van der Waals surface area (Å²) in [7, 11) is 0. The summed E-state index contributed by atoms with van der Waals surface area (Å²) in [5, 5.41) is 3.30. The molecule has 0 bridgehead atoms. The SMILES string of the molecule is C#CCCCC(NCC)c1cc(Br)ccc1F. The van der Waals surface area contributed by atoms with Crippen LogP contribution >= 0.6 is 15.9 Å². The molecule has 0 saturated heterocycles. The molecule has 0 aliphatic rings. The number of halogens is 2. The van der Waals surface area contributed by atoms with Crippen LogP contribution in [0.4, 0.5) is 4.39 Å². The minimum Gasteiger partial charge on any atom is -0.310 e. The lowest BCUT2D eigenvalue weighted by Gasteiger charge is -2.18. The topological polar surface area (TPSA) is 12.0 Å². The van der Waals surface area contributed by atoms with Crippen LogP contribution in [0.25, 0.3) is 0 Å². The molecule has 1 unspecified atom stereocenters. The average molecular weight is 298 g/mol. The lowest BCUT2D eigenvalue weighted by atomic mass is 10.0. The van der Waals surface area contributed by atoms with Gasteiger partial charge in [0.1, 0.15) is 5.82 Å². The highest BCUT2D eigenvalue weighted by Gasteiger charge is 2.14. The van der Waals surface area contributed by atoms with E-state index in [9.17, 15) is 4.39 Å². The fraction of sp³-hybridized carbons (Fsp3) is 0.429. The van der Waals surface area contributed by atoms with Gasteiger partial charge in [-0.05, 0) is 37.6 Å². The molecule has 0 heterocycles. The lowest BCUT2D eigenvalue weighted by molar-refractivity contribution is 0.475. The number of nitrogens with one attached hydrogen (secondary N) is 1. The summed E-state index contributed by atoms with van der Waals surface area (Å²) in [6.45, 7) is 2.83. The number of hydrogen-bond donors (Lipinski definition) is 1. The maximum atomic E-state index is 13.8. The first kappa shape index (κ1) is 14.2. The molecular formula is C14H17BrFN. The van der Waals surface area contributed by atoms with Crippen molar-refractivity contribution in [2.45, 2.75) is 32.2 Å². The Morgan fingerprint density at radius 3 is 2.94 bits per heavy atom. The minimum atomic E-state index is -0.167. The molecule has 1 N–H and O–H groups in total. The molecule has 1 rings (SSSR count). The average Bonchev–Trinajstić information content (AvgIpc) is 2.32. The molecule has 0 aromatic heterocycles. The summed E-state index contributed by atoms with van der Waals surface area (Å²) in [6.07, 6.45) is 7.72. The monoisotopic (exact) mass is 297 g/mol. The number of rotatable bonds is 6. The van der Waals surface area contributed by atoms with Crippen molar-refractivity contribution in [2.24, 2.45) is 0 Å². The number of terminal acetylenes is 1. The van der Waals surface area contributed by atoms with Gasteiger partial charge in [-0.25, -0.2) is 4.39 Å². The molecule has 0 aliphatic heterocycles. The van der Waals surface area contributed by atoms with Crippen LogP contribution in [-0.2, 0) is 0 Å². The zero-order valence-electron chi connectivity index (χ0n) is 9.97. The smallest absolute Gasteiger partial charge is 0.128 e. The molecule has 0 spiro atoms. The second-order valence-electron chi connectivity index (χ2n) is 3.87.